The molecule has 4 N–H and O–H groups in total. The molecule has 0 aliphatic heterocycles. The normalized spacial score (nSPS) is 13.3. The number of hydrogen-bond acceptors (Lipinski definition) is 5. The summed E-state index contributed by atoms with van der Waals surface area (Å²) in [7, 11) is 0. The molecule has 5 nitrogen and oxygen atoms in total. The van der Waals surface area contributed by atoms with E-state index in [-0.39, 0.29) is 11.7 Å². The van der Waals surface area contributed by atoms with Crippen LogP contribution in [0.5, 0.6) is 5.88 Å². The van der Waals surface area contributed by atoms with E-state index in [1.165, 1.54) is 0 Å². The van der Waals surface area contributed by atoms with Gasteiger partial charge in [-0.15, -0.1) is 0 Å². The summed E-state index contributed by atoms with van der Waals surface area (Å²) in [5.74, 6) is 1.54. The highest BCUT2D eigenvalue weighted by atomic mass is 16.5. The highest BCUT2D eigenvalue weighted by Gasteiger charge is 2.15. The Hall–Kier alpha value is -1.49. The van der Waals surface area contributed by atoms with Gasteiger partial charge in [0.2, 0.25) is 5.88 Å². The third-order valence-corrected chi connectivity index (χ3v) is 2.55. The molecule has 0 fully saturated rings. The Morgan fingerprint density at radius 3 is 2.55 bits per heavy atom. The van der Waals surface area contributed by atoms with Gasteiger partial charge in [0.25, 0.3) is 0 Å². The van der Waals surface area contributed by atoms with Crippen LogP contribution in [0.1, 0.15) is 41.0 Å². The van der Waals surface area contributed by atoms with Crippen molar-refractivity contribution in [3.63, 3.8) is 0 Å². The van der Waals surface area contributed by atoms with E-state index < -0.39 is 0 Å². The van der Waals surface area contributed by atoms with Crippen molar-refractivity contribution in [3.8, 4) is 5.88 Å². The molecule has 0 saturated heterocycles. The predicted octanol–water partition coefficient (Wildman–Crippen LogP) is 2.66. The van der Waals surface area contributed by atoms with Crippen LogP contribution in [0.3, 0.4) is 0 Å². The standard InChI is InChI=1S/C15H27N3O2/c1-10(2)8-11(19)9-17-13-7-6-12(16)14(18-13)20-15(3,4)5/h6-7,10-11,19H,8-9,16H2,1-5H3,(H,17,18). The van der Waals surface area contributed by atoms with E-state index in [0.717, 1.165) is 6.42 Å². The molecule has 0 aliphatic carbocycles. The van der Waals surface area contributed by atoms with Crippen LogP contribution < -0.4 is 15.8 Å². The van der Waals surface area contributed by atoms with E-state index in [9.17, 15) is 5.11 Å². The fraction of sp³-hybridized carbons (Fsp3) is 0.667. The van der Waals surface area contributed by atoms with Gasteiger partial charge in [-0.1, -0.05) is 13.8 Å². The van der Waals surface area contributed by atoms with Crippen molar-refractivity contribution in [2.45, 2.75) is 52.7 Å². The van der Waals surface area contributed by atoms with Crippen LogP contribution >= 0.6 is 0 Å². The summed E-state index contributed by atoms with van der Waals surface area (Å²) < 4.78 is 5.71. The minimum Gasteiger partial charge on any atom is -0.470 e. The molecule has 114 valence electrons. The number of nitrogens with zero attached hydrogens (tertiary/aromatic N) is 1. The lowest BCUT2D eigenvalue weighted by molar-refractivity contribution is 0.125. The minimum atomic E-state index is -0.388. The Kier molecular flexibility index (Phi) is 5.62. The molecule has 1 rings (SSSR count). The van der Waals surface area contributed by atoms with E-state index in [2.05, 4.69) is 24.1 Å². The van der Waals surface area contributed by atoms with Crippen LogP contribution in [-0.2, 0) is 0 Å². The lowest BCUT2D eigenvalue weighted by Gasteiger charge is -2.22. The highest BCUT2D eigenvalue weighted by molar-refractivity contribution is 5.53. The van der Waals surface area contributed by atoms with Crippen LogP contribution in [0, 0.1) is 5.92 Å². The van der Waals surface area contributed by atoms with E-state index in [0.29, 0.717) is 29.8 Å². The Morgan fingerprint density at radius 2 is 2.00 bits per heavy atom. The number of anilines is 2. The first-order chi connectivity index (χ1) is 9.17. The van der Waals surface area contributed by atoms with Crippen LogP contribution in [0.15, 0.2) is 12.1 Å². The maximum absolute atomic E-state index is 9.85. The highest BCUT2D eigenvalue weighted by Crippen LogP contribution is 2.24. The van der Waals surface area contributed by atoms with Gasteiger partial charge in [0.1, 0.15) is 11.4 Å². The topological polar surface area (TPSA) is 80.4 Å². The maximum atomic E-state index is 9.85. The van der Waals surface area contributed by atoms with Gasteiger partial charge >= 0.3 is 0 Å². The molecule has 0 saturated carbocycles. The largest absolute Gasteiger partial charge is 0.470 e. The Balaban J connectivity index is 2.66. The van der Waals surface area contributed by atoms with Gasteiger partial charge in [0.05, 0.1) is 11.8 Å². The second-order valence-electron chi connectivity index (χ2n) is 6.47. The SMILES string of the molecule is CC(C)CC(O)CNc1ccc(N)c(OC(C)(C)C)n1. The number of nitrogens with one attached hydrogen (secondary N) is 1. The zero-order chi connectivity index (χ0) is 15.3. The van der Waals surface area contributed by atoms with Crippen molar-refractivity contribution in [2.75, 3.05) is 17.6 Å². The fourth-order valence-electron chi connectivity index (χ4n) is 1.77. The lowest BCUT2D eigenvalue weighted by atomic mass is 10.1. The molecule has 1 unspecified atom stereocenters. The molecule has 5 heteroatoms. The molecule has 0 radical (unpaired) electrons. The molecule has 0 aromatic carbocycles. The van der Waals surface area contributed by atoms with Crippen LogP contribution in [0.4, 0.5) is 11.5 Å². The predicted molar refractivity (Wildman–Crippen MR) is 83.0 cm³/mol. The summed E-state index contributed by atoms with van der Waals surface area (Å²) in [5.41, 5.74) is 6.01. The van der Waals surface area contributed by atoms with Crippen LogP contribution in [0.2, 0.25) is 0 Å². The molecule has 0 amide bonds. The second-order valence-corrected chi connectivity index (χ2v) is 6.47. The van der Waals surface area contributed by atoms with Crippen molar-refractivity contribution in [3.05, 3.63) is 12.1 Å². The third-order valence-electron chi connectivity index (χ3n) is 2.55. The number of rotatable bonds is 6. The average molecular weight is 281 g/mol. The van der Waals surface area contributed by atoms with Gasteiger partial charge in [-0.25, -0.2) is 0 Å². The second kappa shape index (κ2) is 6.79. The van der Waals surface area contributed by atoms with E-state index in [1.54, 1.807) is 12.1 Å². The van der Waals surface area contributed by atoms with E-state index in [1.807, 2.05) is 20.8 Å². The fourth-order valence-corrected chi connectivity index (χ4v) is 1.77. The number of pyridine rings is 1. The third kappa shape index (κ3) is 6.10. The Bertz CT molecular complexity index is 428. The smallest absolute Gasteiger partial charge is 0.239 e. The number of aliphatic hydroxyl groups is 1. The first-order valence-corrected chi connectivity index (χ1v) is 7.05. The summed E-state index contributed by atoms with van der Waals surface area (Å²) in [6.07, 6.45) is 0.370. The average Bonchev–Trinajstić information content (AvgIpc) is 2.27. The van der Waals surface area contributed by atoms with E-state index >= 15 is 0 Å². The molecule has 0 bridgehead atoms. The number of aromatic nitrogens is 1. The Morgan fingerprint density at radius 1 is 1.35 bits per heavy atom. The molecule has 20 heavy (non-hydrogen) atoms. The zero-order valence-electron chi connectivity index (χ0n) is 13.1. The van der Waals surface area contributed by atoms with Gasteiger partial charge in [-0.2, -0.15) is 4.98 Å². The van der Waals surface area contributed by atoms with Gasteiger partial charge in [0, 0.05) is 6.54 Å². The van der Waals surface area contributed by atoms with E-state index in [4.69, 9.17) is 10.5 Å². The number of nitrogens with two attached hydrogens (primary N) is 1. The summed E-state index contributed by atoms with van der Waals surface area (Å²) in [4.78, 5) is 4.34. The summed E-state index contributed by atoms with van der Waals surface area (Å²) in [5, 5.41) is 13.0. The van der Waals surface area contributed by atoms with Gasteiger partial charge in [-0.05, 0) is 45.2 Å². The molecule has 0 aliphatic rings. The zero-order valence-corrected chi connectivity index (χ0v) is 13.1. The first-order valence-electron chi connectivity index (χ1n) is 7.05. The van der Waals surface area contributed by atoms with Gasteiger partial charge < -0.3 is 20.9 Å². The van der Waals surface area contributed by atoms with Crippen LogP contribution in [0.25, 0.3) is 0 Å². The van der Waals surface area contributed by atoms with Crippen molar-refractivity contribution in [1.29, 1.82) is 0 Å². The quantitative estimate of drug-likeness (QED) is 0.747. The molecule has 1 aromatic rings. The molecule has 1 atom stereocenters. The van der Waals surface area contributed by atoms with Crippen molar-refractivity contribution < 1.29 is 9.84 Å². The first kappa shape index (κ1) is 16.6. The minimum absolute atomic E-state index is 0.350. The van der Waals surface area contributed by atoms with Crippen molar-refractivity contribution >= 4 is 11.5 Å². The molecular formula is C15H27N3O2. The number of nitrogen functional groups attached to an aromatic ring is 1. The van der Waals surface area contributed by atoms with Gasteiger partial charge in [-0.3, -0.25) is 0 Å². The van der Waals surface area contributed by atoms with Crippen molar-refractivity contribution in [2.24, 2.45) is 5.92 Å². The van der Waals surface area contributed by atoms with Crippen LogP contribution in [-0.4, -0.2) is 28.3 Å². The molecule has 1 aromatic heterocycles. The molecule has 0 spiro atoms. The Labute approximate surface area is 121 Å². The molecular weight excluding hydrogens is 254 g/mol. The number of hydrogen-bond donors (Lipinski definition) is 3. The summed E-state index contributed by atoms with van der Waals surface area (Å²) >= 11 is 0. The lowest BCUT2D eigenvalue weighted by Crippen LogP contribution is -2.25. The number of aliphatic hydroxyl groups excluding tert-OH is 1. The monoisotopic (exact) mass is 281 g/mol. The summed E-state index contributed by atoms with van der Waals surface area (Å²) in [6, 6.07) is 3.54. The maximum Gasteiger partial charge on any atom is 0.239 e. The number of ether oxygens (including phenoxy) is 1. The van der Waals surface area contributed by atoms with Crippen molar-refractivity contribution in [1.82, 2.24) is 4.98 Å². The summed E-state index contributed by atoms with van der Waals surface area (Å²) in [6.45, 7) is 10.5. The van der Waals surface area contributed by atoms with Gasteiger partial charge in [0.15, 0.2) is 0 Å². The molecule has 1 heterocycles.